The predicted molar refractivity (Wildman–Crippen MR) is 111 cm³/mol. The van der Waals surface area contributed by atoms with Gasteiger partial charge in [-0.05, 0) is 23.6 Å². The molecule has 0 saturated heterocycles. The number of hydrogen-bond donors (Lipinski definition) is 1. The SMILES string of the molecule is CCOC1CC(N)(C(=O)N2Cc3ccccc3C(c3ccccc3)C2)C1(C)C. The molecule has 4 heteroatoms. The average Bonchev–Trinajstić information content (AvgIpc) is 2.72. The van der Waals surface area contributed by atoms with Gasteiger partial charge in [-0.3, -0.25) is 4.79 Å². The number of benzene rings is 2. The van der Waals surface area contributed by atoms with Gasteiger partial charge >= 0.3 is 0 Å². The molecule has 4 nitrogen and oxygen atoms in total. The first kappa shape index (κ1) is 19.2. The van der Waals surface area contributed by atoms with Crippen LogP contribution in [0, 0.1) is 5.41 Å². The first-order chi connectivity index (χ1) is 13.4. The highest BCUT2D eigenvalue weighted by Crippen LogP contribution is 2.51. The van der Waals surface area contributed by atoms with Crippen LogP contribution in [0.3, 0.4) is 0 Å². The van der Waals surface area contributed by atoms with Gasteiger partial charge in [-0.25, -0.2) is 0 Å². The third-order valence-corrected chi connectivity index (χ3v) is 6.90. The molecule has 4 rings (SSSR count). The van der Waals surface area contributed by atoms with Crippen LogP contribution >= 0.6 is 0 Å². The Hall–Kier alpha value is -2.17. The lowest BCUT2D eigenvalue weighted by Gasteiger charge is -2.59. The molecule has 1 heterocycles. The standard InChI is InChI=1S/C24H30N2O2/c1-4-28-21-14-24(25,23(21,2)3)22(27)26-15-18-12-8-9-13-19(18)20(16-26)17-10-6-5-7-11-17/h5-13,20-21H,4,14-16,25H2,1-3H3. The van der Waals surface area contributed by atoms with E-state index in [9.17, 15) is 4.79 Å². The topological polar surface area (TPSA) is 55.6 Å². The first-order valence-electron chi connectivity index (χ1n) is 10.2. The fourth-order valence-electron chi connectivity index (χ4n) is 4.81. The largest absolute Gasteiger partial charge is 0.378 e. The Kier molecular flexibility index (Phi) is 4.80. The number of amides is 1. The Bertz CT molecular complexity index is 864. The number of carbonyl (C=O) groups is 1. The normalized spacial score (nSPS) is 28.4. The van der Waals surface area contributed by atoms with Gasteiger partial charge < -0.3 is 15.4 Å². The van der Waals surface area contributed by atoms with Crippen molar-refractivity contribution in [3.8, 4) is 0 Å². The van der Waals surface area contributed by atoms with E-state index in [1.165, 1.54) is 16.7 Å². The Labute approximate surface area is 167 Å². The van der Waals surface area contributed by atoms with Gasteiger partial charge in [0.15, 0.2) is 0 Å². The van der Waals surface area contributed by atoms with Crippen LogP contribution in [-0.4, -0.2) is 35.6 Å². The van der Waals surface area contributed by atoms with E-state index in [0.29, 0.717) is 26.1 Å². The molecule has 28 heavy (non-hydrogen) atoms. The monoisotopic (exact) mass is 378 g/mol. The summed E-state index contributed by atoms with van der Waals surface area (Å²) in [5.41, 5.74) is 9.21. The van der Waals surface area contributed by atoms with Gasteiger partial charge in [0.05, 0.1) is 6.10 Å². The van der Waals surface area contributed by atoms with Crippen molar-refractivity contribution < 1.29 is 9.53 Å². The van der Waals surface area contributed by atoms with E-state index >= 15 is 0 Å². The van der Waals surface area contributed by atoms with Gasteiger partial charge in [0.2, 0.25) is 5.91 Å². The van der Waals surface area contributed by atoms with Gasteiger partial charge in [-0.1, -0.05) is 68.4 Å². The number of carbonyl (C=O) groups excluding carboxylic acids is 1. The Balaban J connectivity index is 1.64. The maximum Gasteiger partial charge on any atom is 0.243 e. The van der Waals surface area contributed by atoms with E-state index in [0.717, 1.165) is 0 Å². The third-order valence-electron chi connectivity index (χ3n) is 6.90. The number of hydrogen-bond acceptors (Lipinski definition) is 3. The molecule has 0 bridgehead atoms. The lowest BCUT2D eigenvalue weighted by atomic mass is 9.54. The summed E-state index contributed by atoms with van der Waals surface area (Å²) in [6, 6.07) is 18.9. The first-order valence-corrected chi connectivity index (χ1v) is 10.2. The minimum Gasteiger partial charge on any atom is -0.378 e. The summed E-state index contributed by atoms with van der Waals surface area (Å²) in [6.45, 7) is 8.02. The van der Waals surface area contributed by atoms with E-state index in [4.69, 9.17) is 10.5 Å². The molecule has 2 aromatic rings. The fourth-order valence-corrected chi connectivity index (χ4v) is 4.81. The predicted octanol–water partition coefficient (Wildman–Crippen LogP) is 3.69. The van der Waals surface area contributed by atoms with Crippen LogP contribution in [0.1, 0.15) is 49.8 Å². The van der Waals surface area contributed by atoms with Crippen molar-refractivity contribution in [1.82, 2.24) is 4.90 Å². The summed E-state index contributed by atoms with van der Waals surface area (Å²) in [5.74, 6) is 0.216. The zero-order chi connectivity index (χ0) is 19.9. The maximum absolute atomic E-state index is 13.6. The van der Waals surface area contributed by atoms with Gasteiger partial charge in [-0.2, -0.15) is 0 Å². The van der Waals surface area contributed by atoms with Crippen LogP contribution in [0.2, 0.25) is 0 Å². The van der Waals surface area contributed by atoms with Crippen molar-refractivity contribution in [2.45, 2.75) is 51.3 Å². The zero-order valence-electron chi connectivity index (χ0n) is 17.0. The van der Waals surface area contributed by atoms with Crippen molar-refractivity contribution >= 4 is 5.91 Å². The summed E-state index contributed by atoms with van der Waals surface area (Å²) in [6.07, 6.45) is 0.620. The number of nitrogens with two attached hydrogens (primary N) is 1. The van der Waals surface area contributed by atoms with Gasteiger partial charge in [0.25, 0.3) is 0 Å². The van der Waals surface area contributed by atoms with E-state index in [1.807, 2.05) is 24.0 Å². The molecule has 0 radical (unpaired) electrons. The molecule has 3 atom stereocenters. The Morgan fingerprint density at radius 1 is 1.14 bits per heavy atom. The van der Waals surface area contributed by atoms with Crippen LogP contribution in [0.5, 0.6) is 0 Å². The molecule has 2 N–H and O–H groups in total. The van der Waals surface area contributed by atoms with Crippen LogP contribution in [0.25, 0.3) is 0 Å². The van der Waals surface area contributed by atoms with Gasteiger partial charge in [-0.15, -0.1) is 0 Å². The number of nitrogens with zero attached hydrogens (tertiary/aromatic N) is 1. The van der Waals surface area contributed by atoms with E-state index in [2.05, 4.69) is 56.3 Å². The molecule has 1 aliphatic carbocycles. The van der Waals surface area contributed by atoms with Crippen LogP contribution in [0.4, 0.5) is 0 Å². The molecule has 3 unspecified atom stereocenters. The zero-order valence-corrected chi connectivity index (χ0v) is 17.0. The quantitative estimate of drug-likeness (QED) is 0.883. The summed E-state index contributed by atoms with van der Waals surface area (Å²) in [7, 11) is 0. The van der Waals surface area contributed by atoms with Gasteiger partial charge in [0, 0.05) is 37.5 Å². The molecule has 0 spiro atoms. The highest BCUT2D eigenvalue weighted by molar-refractivity contribution is 5.89. The molecule has 1 amide bonds. The molecule has 1 saturated carbocycles. The van der Waals surface area contributed by atoms with Crippen LogP contribution in [-0.2, 0) is 16.1 Å². The average molecular weight is 379 g/mol. The van der Waals surface area contributed by atoms with Crippen molar-refractivity contribution in [2.24, 2.45) is 11.1 Å². The molecule has 2 aromatic carbocycles. The summed E-state index contributed by atoms with van der Waals surface area (Å²) < 4.78 is 5.82. The minimum atomic E-state index is -0.875. The minimum absolute atomic E-state index is 0.0356. The maximum atomic E-state index is 13.6. The second-order valence-electron chi connectivity index (χ2n) is 8.69. The second kappa shape index (κ2) is 7.02. The van der Waals surface area contributed by atoms with Crippen molar-refractivity contribution in [3.05, 3.63) is 71.3 Å². The molecule has 1 aliphatic heterocycles. The highest BCUT2D eigenvalue weighted by atomic mass is 16.5. The second-order valence-corrected chi connectivity index (χ2v) is 8.69. The lowest BCUT2D eigenvalue weighted by Crippen LogP contribution is -2.76. The number of rotatable bonds is 4. The summed E-state index contributed by atoms with van der Waals surface area (Å²) >= 11 is 0. The molecule has 1 fully saturated rings. The molecule has 148 valence electrons. The van der Waals surface area contributed by atoms with E-state index in [-0.39, 0.29) is 23.3 Å². The number of fused-ring (bicyclic) bond motifs is 1. The van der Waals surface area contributed by atoms with Crippen LogP contribution < -0.4 is 5.73 Å². The fraction of sp³-hybridized carbons (Fsp3) is 0.458. The smallest absolute Gasteiger partial charge is 0.243 e. The lowest BCUT2D eigenvalue weighted by molar-refractivity contribution is -0.180. The molecule has 0 aromatic heterocycles. The molecule has 2 aliphatic rings. The summed E-state index contributed by atoms with van der Waals surface area (Å²) in [5, 5.41) is 0. The van der Waals surface area contributed by atoms with E-state index in [1.54, 1.807) is 0 Å². The summed E-state index contributed by atoms with van der Waals surface area (Å²) in [4.78, 5) is 15.6. The number of ether oxygens (including phenoxy) is 1. The third kappa shape index (κ3) is 2.87. The molecular formula is C24H30N2O2. The Morgan fingerprint density at radius 2 is 1.82 bits per heavy atom. The van der Waals surface area contributed by atoms with Crippen molar-refractivity contribution in [3.63, 3.8) is 0 Å². The van der Waals surface area contributed by atoms with Crippen LogP contribution in [0.15, 0.2) is 54.6 Å². The highest BCUT2D eigenvalue weighted by Gasteiger charge is 2.64. The van der Waals surface area contributed by atoms with E-state index < -0.39 is 5.54 Å². The van der Waals surface area contributed by atoms with Gasteiger partial charge in [0.1, 0.15) is 5.54 Å². The Morgan fingerprint density at radius 3 is 2.50 bits per heavy atom. The molecular weight excluding hydrogens is 348 g/mol. The van der Waals surface area contributed by atoms with Crippen molar-refractivity contribution in [1.29, 1.82) is 0 Å². The van der Waals surface area contributed by atoms with Crippen molar-refractivity contribution in [2.75, 3.05) is 13.2 Å².